The zero-order valence-electron chi connectivity index (χ0n) is 26.1. The highest BCUT2D eigenvalue weighted by Gasteiger charge is 2.17. The maximum atomic E-state index is 13.2. The third kappa shape index (κ3) is 8.42. The van der Waals surface area contributed by atoms with Gasteiger partial charge in [-0.05, 0) is 66.5 Å². The predicted octanol–water partition coefficient (Wildman–Crippen LogP) is 8.88. The van der Waals surface area contributed by atoms with Gasteiger partial charge in [0.15, 0.2) is 0 Å². The number of hydrogen-bond donors (Lipinski definition) is 0. The van der Waals surface area contributed by atoms with E-state index in [0.29, 0.717) is 18.6 Å². The number of aromatic nitrogens is 2. The summed E-state index contributed by atoms with van der Waals surface area (Å²) in [6.07, 6.45) is 4.72. The number of hydrogen-bond acceptors (Lipinski definition) is 4. The molecule has 1 heterocycles. The Morgan fingerprint density at radius 3 is 2.14 bits per heavy atom. The van der Waals surface area contributed by atoms with Gasteiger partial charge in [0.05, 0.1) is 29.5 Å². The summed E-state index contributed by atoms with van der Waals surface area (Å²) >= 11 is 0. The van der Waals surface area contributed by atoms with Crippen LogP contribution in [-0.2, 0) is 19.4 Å². The second kappa shape index (κ2) is 15.7. The Kier molecular flexibility index (Phi) is 12.1. The lowest BCUT2D eigenvalue weighted by atomic mass is 9.87. The number of nitrogens with zero attached hydrogens (tertiary/aromatic N) is 3. The van der Waals surface area contributed by atoms with Crippen molar-refractivity contribution < 1.29 is 4.74 Å². The van der Waals surface area contributed by atoms with Crippen LogP contribution in [0.4, 0.5) is 0 Å². The fourth-order valence-electron chi connectivity index (χ4n) is 4.72. The first-order chi connectivity index (χ1) is 20.3. The summed E-state index contributed by atoms with van der Waals surface area (Å²) in [7, 11) is 0. The third-order valence-corrected chi connectivity index (χ3v) is 7.73. The van der Waals surface area contributed by atoms with Gasteiger partial charge in [-0.3, -0.25) is 9.36 Å². The molecule has 0 radical (unpaired) electrons. The van der Waals surface area contributed by atoms with Crippen molar-refractivity contribution in [2.75, 3.05) is 6.61 Å². The summed E-state index contributed by atoms with van der Waals surface area (Å²) in [5.74, 6) is 1.74. The average Bonchev–Trinajstić information content (AvgIpc) is 3.02. The van der Waals surface area contributed by atoms with Gasteiger partial charge in [0.1, 0.15) is 11.6 Å². The zero-order chi connectivity index (χ0) is 30.5. The average molecular weight is 564 g/mol. The van der Waals surface area contributed by atoms with E-state index in [1.807, 2.05) is 90.4 Å². The van der Waals surface area contributed by atoms with Crippen LogP contribution in [-0.4, -0.2) is 16.2 Å². The number of ether oxygens (including phenoxy) is 1. The Balaban J connectivity index is 0.000000287. The van der Waals surface area contributed by atoms with Crippen molar-refractivity contribution in [3.8, 4) is 34.1 Å². The molecule has 0 fully saturated rings. The van der Waals surface area contributed by atoms with Crippen LogP contribution >= 0.6 is 0 Å². The maximum Gasteiger partial charge on any atom is 0.261 e. The van der Waals surface area contributed by atoms with Crippen molar-refractivity contribution in [3.63, 3.8) is 0 Å². The van der Waals surface area contributed by atoms with Crippen LogP contribution in [0.2, 0.25) is 0 Å². The van der Waals surface area contributed by atoms with Crippen molar-refractivity contribution in [2.45, 2.75) is 80.2 Å². The van der Waals surface area contributed by atoms with E-state index >= 15 is 0 Å². The van der Waals surface area contributed by atoms with Gasteiger partial charge in [-0.1, -0.05) is 102 Å². The lowest BCUT2D eigenvalue weighted by Gasteiger charge is -2.22. The quantitative estimate of drug-likeness (QED) is 0.183. The van der Waals surface area contributed by atoms with Gasteiger partial charge in [0.2, 0.25) is 0 Å². The van der Waals surface area contributed by atoms with E-state index < -0.39 is 0 Å². The van der Waals surface area contributed by atoms with Gasteiger partial charge >= 0.3 is 0 Å². The molecular weight excluding hydrogens is 518 g/mol. The molecule has 4 rings (SSSR count). The van der Waals surface area contributed by atoms with Gasteiger partial charge in [0.25, 0.3) is 5.56 Å². The largest absolute Gasteiger partial charge is 0.494 e. The molecule has 0 aliphatic carbocycles. The predicted molar refractivity (Wildman–Crippen MR) is 174 cm³/mol. The molecule has 0 saturated heterocycles. The minimum absolute atomic E-state index is 0.0659. The van der Waals surface area contributed by atoms with E-state index in [4.69, 9.17) is 15.0 Å². The van der Waals surface area contributed by atoms with E-state index in [1.165, 1.54) is 0 Å². The first-order valence-corrected chi connectivity index (χ1v) is 15.2. The second-order valence-electron chi connectivity index (χ2n) is 11.2. The highest BCUT2D eigenvalue weighted by molar-refractivity contribution is 5.70. The molecule has 0 atom stereocenters. The molecule has 42 heavy (non-hydrogen) atoms. The number of nitriles is 1. The molecule has 4 aromatic rings. The van der Waals surface area contributed by atoms with Gasteiger partial charge in [-0.25, -0.2) is 4.98 Å². The fraction of sp³-hybridized carbons (Fsp3) is 0.378. The number of benzene rings is 3. The van der Waals surface area contributed by atoms with Crippen molar-refractivity contribution in [3.05, 3.63) is 106 Å². The summed E-state index contributed by atoms with van der Waals surface area (Å²) in [5, 5.41) is 8.93. The third-order valence-electron chi connectivity index (χ3n) is 7.73. The molecule has 1 aromatic heterocycles. The monoisotopic (exact) mass is 563 g/mol. The van der Waals surface area contributed by atoms with Crippen LogP contribution < -0.4 is 10.3 Å². The fourth-order valence-corrected chi connectivity index (χ4v) is 4.72. The van der Waals surface area contributed by atoms with Crippen molar-refractivity contribution >= 4 is 0 Å². The van der Waals surface area contributed by atoms with Crippen LogP contribution in [0.1, 0.15) is 77.9 Å². The van der Waals surface area contributed by atoms with Crippen molar-refractivity contribution in [2.24, 2.45) is 5.41 Å². The number of aryl methyl sites for hydroxylation is 2. The highest BCUT2D eigenvalue weighted by atomic mass is 16.5. The molecule has 0 amide bonds. The van der Waals surface area contributed by atoms with Crippen molar-refractivity contribution in [1.82, 2.24) is 9.55 Å². The van der Waals surface area contributed by atoms with Gasteiger partial charge in [-0.15, -0.1) is 0 Å². The molecule has 0 N–H and O–H groups in total. The van der Waals surface area contributed by atoms with Crippen LogP contribution in [0.5, 0.6) is 5.75 Å². The minimum Gasteiger partial charge on any atom is -0.494 e. The topological polar surface area (TPSA) is 67.9 Å². The summed E-state index contributed by atoms with van der Waals surface area (Å²) in [6, 6.07) is 27.7. The maximum absolute atomic E-state index is 13.2. The van der Waals surface area contributed by atoms with Gasteiger partial charge in [-0.2, -0.15) is 5.26 Å². The Bertz CT molecular complexity index is 1510. The van der Waals surface area contributed by atoms with E-state index in [1.54, 1.807) is 0 Å². The van der Waals surface area contributed by atoms with E-state index in [9.17, 15) is 4.79 Å². The summed E-state index contributed by atoms with van der Waals surface area (Å²) < 4.78 is 7.73. The summed E-state index contributed by atoms with van der Waals surface area (Å²) in [4.78, 5) is 18.0. The van der Waals surface area contributed by atoms with E-state index in [-0.39, 0.29) is 5.56 Å². The Labute approximate surface area is 251 Å². The smallest absolute Gasteiger partial charge is 0.261 e. The lowest BCUT2D eigenvalue weighted by molar-refractivity contribution is 0.223. The minimum atomic E-state index is 0.0659. The Morgan fingerprint density at radius 2 is 1.55 bits per heavy atom. The normalized spacial score (nSPS) is 10.9. The molecule has 3 aromatic carbocycles. The van der Waals surface area contributed by atoms with Crippen molar-refractivity contribution in [1.29, 1.82) is 5.26 Å². The number of rotatable bonds is 11. The second-order valence-corrected chi connectivity index (χ2v) is 11.2. The molecule has 0 spiro atoms. The molecule has 0 aliphatic heterocycles. The SMILES string of the molecule is CCCc1nc(CC)c(-c2ccc(OCCC(C)(C)CC)cc2)c(=O)n1CC.N#Cc1ccccc1-c1ccccc1. The molecular formula is C37H45N3O2. The lowest BCUT2D eigenvalue weighted by Crippen LogP contribution is -2.27. The summed E-state index contributed by atoms with van der Waals surface area (Å²) in [5.41, 5.74) is 5.70. The molecule has 0 aliphatic rings. The first kappa shape index (κ1) is 32.3. The molecule has 0 bridgehead atoms. The van der Waals surface area contributed by atoms with Gasteiger partial charge < -0.3 is 4.74 Å². The van der Waals surface area contributed by atoms with Crippen LogP contribution in [0.25, 0.3) is 22.3 Å². The molecule has 5 nitrogen and oxygen atoms in total. The molecule has 0 unspecified atom stereocenters. The van der Waals surface area contributed by atoms with E-state index in [0.717, 1.165) is 77.2 Å². The summed E-state index contributed by atoms with van der Waals surface area (Å²) in [6.45, 7) is 14.3. The van der Waals surface area contributed by atoms with Crippen LogP contribution in [0, 0.1) is 16.7 Å². The zero-order valence-corrected chi connectivity index (χ0v) is 26.1. The molecule has 0 saturated carbocycles. The van der Waals surface area contributed by atoms with Crippen LogP contribution in [0.15, 0.2) is 83.7 Å². The first-order valence-electron chi connectivity index (χ1n) is 15.2. The standard InChI is InChI=1S/C24H36N2O2.C13H9N/c1-7-11-21-25-20(8-2)22(23(27)26(21)10-4)18-12-14-19(15-13-18)28-17-16-24(5,6)9-3;14-10-12-8-4-5-9-13(12)11-6-2-1-3-7-11/h12-15H,7-11,16-17H2,1-6H3;1-9H. The van der Waals surface area contributed by atoms with E-state index in [2.05, 4.69) is 40.7 Å². The molecule has 5 heteroatoms. The Morgan fingerprint density at radius 1 is 0.881 bits per heavy atom. The molecule has 220 valence electrons. The highest BCUT2D eigenvalue weighted by Crippen LogP contribution is 2.27. The Hall–Kier alpha value is -4.17. The van der Waals surface area contributed by atoms with Crippen LogP contribution in [0.3, 0.4) is 0 Å². The van der Waals surface area contributed by atoms with Gasteiger partial charge in [0, 0.05) is 13.0 Å².